The zero-order valence-corrected chi connectivity index (χ0v) is 10.8. The summed E-state index contributed by atoms with van der Waals surface area (Å²) in [5.74, 6) is 0.592. The van der Waals surface area contributed by atoms with Gasteiger partial charge in [0.25, 0.3) is 5.88 Å². The number of allylic oxidation sites excluding steroid dienone is 1. The summed E-state index contributed by atoms with van der Waals surface area (Å²) in [6.07, 6.45) is 1.49. The lowest BCUT2D eigenvalue weighted by atomic mass is 10.2. The van der Waals surface area contributed by atoms with Crippen LogP contribution in [0.3, 0.4) is 0 Å². The average Bonchev–Trinajstić information content (AvgIpc) is 2.82. The van der Waals surface area contributed by atoms with Crippen LogP contribution in [0.4, 0.5) is 5.88 Å². The summed E-state index contributed by atoms with van der Waals surface area (Å²) in [6, 6.07) is 8.49. The van der Waals surface area contributed by atoms with Crippen molar-refractivity contribution >= 4 is 17.7 Å². The van der Waals surface area contributed by atoms with E-state index >= 15 is 0 Å². The summed E-state index contributed by atoms with van der Waals surface area (Å²) in [7, 11) is 0. The summed E-state index contributed by atoms with van der Waals surface area (Å²) in [5.41, 5.74) is 4.03. The molecule has 0 amide bonds. The Balaban J connectivity index is 2.15. The van der Waals surface area contributed by atoms with Crippen molar-refractivity contribution in [3.8, 4) is 11.8 Å². The van der Waals surface area contributed by atoms with Gasteiger partial charge in [-0.15, -0.1) is 0 Å². The van der Waals surface area contributed by atoms with Crippen LogP contribution < -0.4 is 5.43 Å². The second-order valence-corrected chi connectivity index (χ2v) is 4.05. The maximum absolute atomic E-state index is 9.31. The monoisotopic (exact) mass is 268 g/mol. The van der Waals surface area contributed by atoms with Gasteiger partial charge < -0.3 is 9.52 Å². The van der Waals surface area contributed by atoms with Crippen LogP contribution in [0.2, 0.25) is 0 Å². The Kier molecular flexibility index (Phi) is 3.82. The van der Waals surface area contributed by atoms with Crippen molar-refractivity contribution in [3.63, 3.8) is 0 Å². The molecule has 0 spiro atoms. The Morgan fingerprint density at radius 1 is 1.60 bits per heavy atom. The number of rotatable bonds is 4. The summed E-state index contributed by atoms with van der Waals surface area (Å²) < 4.78 is 5.32. The highest BCUT2D eigenvalue weighted by Gasteiger charge is 2.12. The number of nitrogens with one attached hydrogen (secondary N) is 1. The molecule has 1 aromatic heterocycles. The second kappa shape index (κ2) is 5.71. The van der Waals surface area contributed by atoms with E-state index in [1.54, 1.807) is 31.2 Å². The zero-order valence-electron chi connectivity index (χ0n) is 10.8. The van der Waals surface area contributed by atoms with Crippen molar-refractivity contribution in [1.29, 1.82) is 5.26 Å². The molecule has 6 heteroatoms. The molecule has 2 aromatic rings. The minimum atomic E-state index is 0.107. The Bertz CT molecular complexity index is 710. The van der Waals surface area contributed by atoms with Crippen molar-refractivity contribution in [1.82, 2.24) is 4.98 Å². The van der Waals surface area contributed by atoms with E-state index in [4.69, 9.17) is 9.68 Å². The highest BCUT2D eigenvalue weighted by molar-refractivity contribution is 5.80. The van der Waals surface area contributed by atoms with Gasteiger partial charge in [-0.25, -0.2) is 5.43 Å². The van der Waals surface area contributed by atoms with Crippen molar-refractivity contribution in [2.75, 3.05) is 5.43 Å². The van der Waals surface area contributed by atoms with E-state index in [1.165, 1.54) is 6.21 Å². The first-order chi connectivity index (χ1) is 9.60. The molecule has 0 aliphatic heterocycles. The van der Waals surface area contributed by atoms with E-state index in [-0.39, 0.29) is 23.2 Å². The second-order valence-electron chi connectivity index (χ2n) is 4.05. The van der Waals surface area contributed by atoms with Crippen LogP contribution in [0.25, 0.3) is 5.57 Å². The Labute approximate surface area is 115 Å². The van der Waals surface area contributed by atoms with Crippen molar-refractivity contribution in [2.45, 2.75) is 6.92 Å². The zero-order chi connectivity index (χ0) is 14.5. The number of aromatic hydroxyl groups is 1. The Morgan fingerprint density at radius 2 is 2.40 bits per heavy atom. The van der Waals surface area contributed by atoms with Crippen LogP contribution in [0.1, 0.15) is 24.1 Å². The molecule has 0 fully saturated rings. The first-order valence-corrected chi connectivity index (χ1v) is 5.75. The first-order valence-electron chi connectivity index (χ1n) is 5.75. The van der Waals surface area contributed by atoms with Crippen LogP contribution >= 0.6 is 0 Å². The van der Waals surface area contributed by atoms with Gasteiger partial charge in [-0.3, -0.25) is 0 Å². The largest absolute Gasteiger partial charge is 0.508 e. The quantitative estimate of drug-likeness (QED) is 0.656. The Morgan fingerprint density at radius 3 is 3.05 bits per heavy atom. The topological polar surface area (TPSA) is 94.4 Å². The maximum atomic E-state index is 9.31. The normalized spacial score (nSPS) is 10.4. The summed E-state index contributed by atoms with van der Waals surface area (Å²) in [5, 5.41) is 22.2. The predicted molar refractivity (Wildman–Crippen MR) is 75.2 cm³/mol. The van der Waals surface area contributed by atoms with E-state index in [2.05, 4.69) is 22.1 Å². The number of oxazole rings is 1. The third-order valence-electron chi connectivity index (χ3n) is 2.35. The van der Waals surface area contributed by atoms with Gasteiger partial charge in [0.2, 0.25) is 11.6 Å². The SMILES string of the molecule is C=C(C)c1nc(C#N)c(N/N=C\c2cccc(O)c2)o1. The third kappa shape index (κ3) is 3.03. The van der Waals surface area contributed by atoms with E-state index in [9.17, 15) is 5.11 Å². The van der Waals surface area contributed by atoms with E-state index < -0.39 is 0 Å². The fourth-order valence-corrected chi connectivity index (χ4v) is 1.42. The lowest BCUT2D eigenvalue weighted by molar-refractivity contribution is 0.475. The average molecular weight is 268 g/mol. The highest BCUT2D eigenvalue weighted by Crippen LogP contribution is 2.20. The molecule has 2 rings (SSSR count). The van der Waals surface area contributed by atoms with Gasteiger partial charge in [-0.1, -0.05) is 18.7 Å². The molecule has 0 radical (unpaired) electrons. The van der Waals surface area contributed by atoms with E-state index in [0.717, 1.165) is 0 Å². The molecule has 0 saturated carbocycles. The van der Waals surface area contributed by atoms with Crippen molar-refractivity contribution in [3.05, 3.63) is 48.0 Å². The van der Waals surface area contributed by atoms with Crippen molar-refractivity contribution < 1.29 is 9.52 Å². The molecular formula is C14H12N4O2. The Hall–Kier alpha value is -3.07. The molecule has 0 aliphatic rings. The summed E-state index contributed by atoms with van der Waals surface area (Å²) in [6.45, 7) is 5.42. The number of anilines is 1. The number of nitriles is 1. The van der Waals surface area contributed by atoms with E-state index in [0.29, 0.717) is 11.1 Å². The van der Waals surface area contributed by atoms with Crippen LogP contribution in [0, 0.1) is 11.3 Å². The van der Waals surface area contributed by atoms with Gasteiger partial charge in [0.15, 0.2) is 0 Å². The first kappa shape index (κ1) is 13.4. The number of phenols is 1. The molecule has 0 aliphatic carbocycles. The standard InChI is InChI=1S/C14H12N4O2/c1-9(2)13-17-12(7-15)14(20-13)18-16-8-10-4-3-5-11(19)6-10/h3-6,8,18-19H,1H2,2H3/b16-8-. The number of hydrazone groups is 1. The number of nitrogens with zero attached hydrogens (tertiary/aromatic N) is 3. The van der Waals surface area contributed by atoms with Crippen LogP contribution in [-0.4, -0.2) is 16.3 Å². The maximum Gasteiger partial charge on any atom is 0.252 e. The molecule has 20 heavy (non-hydrogen) atoms. The fraction of sp³-hybridized carbons (Fsp3) is 0.0714. The van der Waals surface area contributed by atoms with Gasteiger partial charge in [0.1, 0.15) is 11.8 Å². The highest BCUT2D eigenvalue weighted by atomic mass is 16.4. The van der Waals surface area contributed by atoms with Crippen LogP contribution in [0.5, 0.6) is 5.75 Å². The number of phenolic OH excluding ortho intramolecular Hbond substituents is 1. The molecule has 0 unspecified atom stereocenters. The number of hydrogen-bond donors (Lipinski definition) is 2. The van der Waals surface area contributed by atoms with Gasteiger partial charge in [0, 0.05) is 5.57 Å². The molecule has 1 heterocycles. The molecule has 6 nitrogen and oxygen atoms in total. The van der Waals surface area contributed by atoms with Crippen molar-refractivity contribution in [2.24, 2.45) is 5.10 Å². The van der Waals surface area contributed by atoms with Crippen LogP contribution in [-0.2, 0) is 0 Å². The lowest BCUT2D eigenvalue weighted by Crippen LogP contribution is -1.91. The summed E-state index contributed by atoms with van der Waals surface area (Å²) in [4.78, 5) is 3.96. The molecule has 0 saturated heterocycles. The smallest absolute Gasteiger partial charge is 0.252 e. The molecule has 1 aromatic carbocycles. The molecular weight excluding hydrogens is 256 g/mol. The molecule has 100 valence electrons. The third-order valence-corrected chi connectivity index (χ3v) is 2.35. The van der Waals surface area contributed by atoms with Gasteiger partial charge >= 0.3 is 0 Å². The van der Waals surface area contributed by atoms with Gasteiger partial charge in [-0.05, 0) is 24.6 Å². The summed E-state index contributed by atoms with van der Waals surface area (Å²) >= 11 is 0. The molecule has 0 bridgehead atoms. The molecule has 2 N–H and O–H groups in total. The number of benzene rings is 1. The molecule has 0 atom stereocenters. The minimum absolute atomic E-state index is 0.107. The number of hydrogen-bond acceptors (Lipinski definition) is 6. The van der Waals surface area contributed by atoms with Crippen LogP contribution in [0.15, 0.2) is 40.4 Å². The fourth-order valence-electron chi connectivity index (χ4n) is 1.42. The lowest BCUT2D eigenvalue weighted by Gasteiger charge is -1.96. The van der Waals surface area contributed by atoms with E-state index in [1.807, 2.05) is 6.07 Å². The number of aromatic nitrogens is 1. The predicted octanol–water partition coefficient (Wildman–Crippen LogP) is 2.73. The minimum Gasteiger partial charge on any atom is -0.508 e. The van der Waals surface area contributed by atoms with Gasteiger partial charge in [-0.2, -0.15) is 15.3 Å². The van der Waals surface area contributed by atoms with Gasteiger partial charge in [0.05, 0.1) is 6.21 Å².